The first-order valence-corrected chi connectivity index (χ1v) is 6.03. The summed E-state index contributed by atoms with van der Waals surface area (Å²) in [6.07, 6.45) is 0.772. The maximum atomic E-state index is 11.1. The van der Waals surface area contributed by atoms with Crippen LogP contribution in [0.3, 0.4) is 0 Å². The van der Waals surface area contributed by atoms with Gasteiger partial charge in [0.1, 0.15) is 0 Å². The minimum atomic E-state index is -0.782. The number of carboxylic acids is 1. The third-order valence-electron chi connectivity index (χ3n) is 3.13. The number of carbonyl (C=O) groups is 1. The van der Waals surface area contributed by atoms with Crippen molar-refractivity contribution < 1.29 is 9.90 Å². The van der Waals surface area contributed by atoms with E-state index < -0.39 is 11.9 Å². The molecule has 0 aliphatic heterocycles. The second-order valence-corrected chi connectivity index (χ2v) is 4.42. The minimum absolute atomic E-state index is 0.468. The lowest BCUT2D eigenvalue weighted by Crippen LogP contribution is -2.10. The van der Waals surface area contributed by atoms with Crippen molar-refractivity contribution in [3.63, 3.8) is 0 Å². The lowest BCUT2D eigenvalue weighted by Gasteiger charge is -2.13. The van der Waals surface area contributed by atoms with Gasteiger partial charge in [0.2, 0.25) is 0 Å². The molecule has 0 aromatic heterocycles. The Morgan fingerprint density at radius 1 is 1.06 bits per heavy atom. The molecule has 0 spiro atoms. The summed E-state index contributed by atoms with van der Waals surface area (Å²) < 4.78 is 0. The molecule has 2 aromatic carbocycles. The first kappa shape index (κ1) is 12.4. The summed E-state index contributed by atoms with van der Waals surface area (Å²) in [5.74, 6) is -1.25. The monoisotopic (exact) mass is 240 g/mol. The van der Waals surface area contributed by atoms with Crippen molar-refractivity contribution in [2.45, 2.75) is 19.3 Å². The Balaban J connectivity index is 2.31. The van der Waals surface area contributed by atoms with Crippen molar-refractivity contribution in [2.24, 2.45) is 0 Å². The first-order valence-electron chi connectivity index (χ1n) is 6.03. The molecule has 2 heteroatoms. The molecular weight excluding hydrogens is 224 g/mol. The number of aliphatic carboxylic acids is 1. The van der Waals surface area contributed by atoms with E-state index in [4.69, 9.17) is 5.11 Å². The van der Waals surface area contributed by atoms with Crippen molar-refractivity contribution >= 4 is 5.97 Å². The second-order valence-electron chi connectivity index (χ2n) is 4.42. The van der Waals surface area contributed by atoms with Crippen LogP contribution in [0.4, 0.5) is 0 Å². The number of benzene rings is 2. The van der Waals surface area contributed by atoms with Crippen LogP contribution in [-0.4, -0.2) is 11.1 Å². The number of carboxylic acid groups (broad SMARTS) is 1. The maximum absolute atomic E-state index is 11.1. The van der Waals surface area contributed by atoms with Gasteiger partial charge in [0.15, 0.2) is 0 Å². The van der Waals surface area contributed by atoms with Crippen molar-refractivity contribution in [3.8, 4) is 0 Å². The minimum Gasteiger partial charge on any atom is -0.481 e. The van der Waals surface area contributed by atoms with Gasteiger partial charge in [-0.1, -0.05) is 54.6 Å². The molecule has 1 N–H and O–H groups in total. The van der Waals surface area contributed by atoms with Gasteiger partial charge in [-0.25, -0.2) is 0 Å². The largest absolute Gasteiger partial charge is 0.481 e. The van der Waals surface area contributed by atoms with Crippen molar-refractivity contribution in [3.05, 3.63) is 71.3 Å². The summed E-state index contributed by atoms with van der Waals surface area (Å²) >= 11 is 0. The van der Waals surface area contributed by atoms with E-state index in [0.717, 1.165) is 17.5 Å². The average molecular weight is 240 g/mol. The highest BCUT2D eigenvalue weighted by atomic mass is 16.4. The smallest absolute Gasteiger partial charge is 0.310 e. The molecule has 0 radical (unpaired) electrons. The molecule has 0 aliphatic rings. The standard InChI is InChI=1S/C16H16O2/c1-12(16(17)18)15-10-6-5-9-14(15)11-13-7-3-2-4-8-13/h2-10,12H,11H2,1H3,(H,17,18)/t12-/m1/s1. The van der Waals surface area contributed by atoms with Crippen LogP contribution in [0.5, 0.6) is 0 Å². The van der Waals surface area contributed by atoms with Crippen LogP contribution in [-0.2, 0) is 11.2 Å². The Labute approximate surface area is 107 Å². The SMILES string of the molecule is C[C@@H](C(=O)O)c1ccccc1Cc1ccccc1. The third kappa shape index (κ3) is 2.77. The van der Waals surface area contributed by atoms with Crippen LogP contribution >= 0.6 is 0 Å². The van der Waals surface area contributed by atoms with Crippen LogP contribution in [0.15, 0.2) is 54.6 Å². The first-order chi connectivity index (χ1) is 8.68. The molecule has 0 fully saturated rings. The Bertz CT molecular complexity index is 532. The molecular formula is C16H16O2. The zero-order chi connectivity index (χ0) is 13.0. The van der Waals surface area contributed by atoms with Crippen LogP contribution in [0, 0.1) is 0 Å². The van der Waals surface area contributed by atoms with E-state index in [1.165, 1.54) is 5.56 Å². The van der Waals surface area contributed by atoms with Crippen molar-refractivity contribution in [1.82, 2.24) is 0 Å². The predicted molar refractivity (Wildman–Crippen MR) is 71.7 cm³/mol. The number of hydrogen-bond acceptors (Lipinski definition) is 1. The highest BCUT2D eigenvalue weighted by Crippen LogP contribution is 2.22. The lowest BCUT2D eigenvalue weighted by molar-refractivity contribution is -0.138. The lowest BCUT2D eigenvalue weighted by atomic mass is 9.92. The molecule has 0 saturated heterocycles. The number of rotatable bonds is 4. The maximum Gasteiger partial charge on any atom is 0.310 e. The molecule has 2 nitrogen and oxygen atoms in total. The summed E-state index contributed by atoms with van der Waals surface area (Å²) in [6.45, 7) is 1.73. The van der Waals surface area contributed by atoms with E-state index in [-0.39, 0.29) is 0 Å². The van der Waals surface area contributed by atoms with Crippen LogP contribution in [0.2, 0.25) is 0 Å². The van der Waals surface area contributed by atoms with Gasteiger partial charge in [0, 0.05) is 0 Å². The van der Waals surface area contributed by atoms with E-state index in [0.29, 0.717) is 0 Å². The average Bonchev–Trinajstić information content (AvgIpc) is 2.39. The number of hydrogen-bond donors (Lipinski definition) is 1. The predicted octanol–water partition coefficient (Wildman–Crippen LogP) is 3.47. The topological polar surface area (TPSA) is 37.3 Å². The fourth-order valence-electron chi connectivity index (χ4n) is 2.07. The normalized spacial score (nSPS) is 12.1. The highest BCUT2D eigenvalue weighted by Gasteiger charge is 2.16. The molecule has 0 saturated carbocycles. The zero-order valence-electron chi connectivity index (χ0n) is 10.3. The van der Waals surface area contributed by atoms with Gasteiger partial charge in [0.05, 0.1) is 5.92 Å². The molecule has 0 unspecified atom stereocenters. The summed E-state index contributed by atoms with van der Waals surface area (Å²) in [7, 11) is 0. The zero-order valence-corrected chi connectivity index (χ0v) is 10.3. The molecule has 0 heterocycles. The second kappa shape index (κ2) is 5.50. The quantitative estimate of drug-likeness (QED) is 0.888. The van der Waals surface area contributed by atoms with Gasteiger partial charge in [-0.05, 0) is 30.0 Å². The van der Waals surface area contributed by atoms with Crippen molar-refractivity contribution in [2.75, 3.05) is 0 Å². The molecule has 0 aliphatic carbocycles. The Hall–Kier alpha value is -2.09. The molecule has 0 bridgehead atoms. The molecule has 0 amide bonds. The Kier molecular flexibility index (Phi) is 3.78. The van der Waals surface area contributed by atoms with Gasteiger partial charge in [-0.2, -0.15) is 0 Å². The van der Waals surface area contributed by atoms with E-state index in [1.807, 2.05) is 42.5 Å². The fourth-order valence-corrected chi connectivity index (χ4v) is 2.07. The fraction of sp³-hybridized carbons (Fsp3) is 0.188. The van der Waals surface area contributed by atoms with Gasteiger partial charge < -0.3 is 5.11 Å². The van der Waals surface area contributed by atoms with Crippen LogP contribution < -0.4 is 0 Å². The Morgan fingerprint density at radius 3 is 2.33 bits per heavy atom. The Morgan fingerprint density at radius 2 is 1.67 bits per heavy atom. The van der Waals surface area contributed by atoms with Gasteiger partial charge in [-0.15, -0.1) is 0 Å². The van der Waals surface area contributed by atoms with E-state index in [2.05, 4.69) is 12.1 Å². The molecule has 18 heavy (non-hydrogen) atoms. The van der Waals surface area contributed by atoms with E-state index in [1.54, 1.807) is 6.92 Å². The highest BCUT2D eigenvalue weighted by molar-refractivity contribution is 5.76. The van der Waals surface area contributed by atoms with E-state index >= 15 is 0 Å². The van der Waals surface area contributed by atoms with Crippen LogP contribution in [0.25, 0.3) is 0 Å². The van der Waals surface area contributed by atoms with Gasteiger partial charge in [-0.3, -0.25) is 4.79 Å². The van der Waals surface area contributed by atoms with Gasteiger partial charge >= 0.3 is 5.97 Å². The summed E-state index contributed by atoms with van der Waals surface area (Å²) in [6, 6.07) is 17.8. The van der Waals surface area contributed by atoms with Crippen molar-refractivity contribution in [1.29, 1.82) is 0 Å². The van der Waals surface area contributed by atoms with Crippen LogP contribution in [0.1, 0.15) is 29.5 Å². The molecule has 2 rings (SSSR count). The van der Waals surface area contributed by atoms with E-state index in [9.17, 15) is 4.79 Å². The molecule has 1 atom stereocenters. The summed E-state index contributed by atoms with van der Waals surface area (Å²) in [5.41, 5.74) is 3.18. The summed E-state index contributed by atoms with van der Waals surface area (Å²) in [5, 5.41) is 9.13. The molecule has 2 aromatic rings. The molecule has 92 valence electrons. The summed E-state index contributed by atoms with van der Waals surface area (Å²) in [4.78, 5) is 11.1. The third-order valence-corrected chi connectivity index (χ3v) is 3.13. The van der Waals surface area contributed by atoms with Gasteiger partial charge in [0.25, 0.3) is 0 Å².